The van der Waals surface area contributed by atoms with Crippen LogP contribution in [0.3, 0.4) is 0 Å². The minimum Gasteiger partial charge on any atom is -0.265 e. The van der Waals surface area contributed by atoms with Crippen molar-refractivity contribution in [1.29, 1.82) is 0 Å². The first kappa shape index (κ1) is 18.6. The second-order valence-corrected chi connectivity index (χ2v) is 8.50. The van der Waals surface area contributed by atoms with Crippen molar-refractivity contribution < 1.29 is 12.8 Å². The first-order chi connectivity index (χ1) is 12.5. The van der Waals surface area contributed by atoms with Crippen molar-refractivity contribution in [3.63, 3.8) is 0 Å². The molecular formula is C18H18FN3O2S2. The van der Waals surface area contributed by atoms with Gasteiger partial charge >= 0.3 is 0 Å². The number of thiazole rings is 1. The van der Waals surface area contributed by atoms with Crippen LogP contribution in [-0.4, -0.2) is 24.9 Å². The summed E-state index contributed by atoms with van der Waals surface area (Å²) in [6.07, 6.45) is 4.81. The molecule has 1 aromatic carbocycles. The van der Waals surface area contributed by atoms with E-state index in [4.69, 9.17) is 0 Å². The maximum absolute atomic E-state index is 12.9. The minimum atomic E-state index is -3.44. The van der Waals surface area contributed by atoms with Crippen molar-refractivity contribution in [3.05, 3.63) is 70.6 Å². The maximum atomic E-state index is 12.9. The number of nitrogens with one attached hydrogen (secondary N) is 1. The van der Waals surface area contributed by atoms with Crippen LogP contribution in [0.25, 0.3) is 11.3 Å². The number of aromatic nitrogens is 2. The summed E-state index contributed by atoms with van der Waals surface area (Å²) in [6.45, 7) is 0.341. The number of sulfonamides is 1. The van der Waals surface area contributed by atoms with Gasteiger partial charge in [0.05, 0.1) is 16.5 Å². The molecule has 0 unspecified atom stereocenters. The highest BCUT2D eigenvalue weighted by Gasteiger charge is 2.11. The molecule has 3 aromatic rings. The number of halogens is 1. The van der Waals surface area contributed by atoms with Crippen molar-refractivity contribution in [2.75, 3.05) is 6.54 Å². The van der Waals surface area contributed by atoms with Gasteiger partial charge in [-0.05, 0) is 36.2 Å². The zero-order valence-electron chi connectivity index (χ0n) is 13.9. The topological polar surface area (TPSA) is 72.0 Å². The first-order valence-electron chi connectivity index (χ1n) is 8.08. The monoisotopic (exact) mass is 391 g/mol. The van der Waals surface area contributed by atoms with Gasteiger partial charge in [-0.3, -0.25) is 4.98 Å². The van der Waals surface area contributed by atoms with E-state index in [0.29, 0.717) is 24.9 Å². The number of benzene rings is 1. The van der Waals surface area contributed by atoms with Gasteiger partial charge in [0.2, 0.25) is 10.0 Å². The third kappa shape index (κ3) is 5.42. The molecule has 2 aromatic heterocycles. The molecule has 136 valence electrons. The summed E-state index contributed by atoms with van der Waals surface area (Å²) >= 11 is 1.56. The van der Waals surface area contributed by atoms with E-state index in [1.807, 2.05) is 17.5 Å². The molecule has 2 heterocycles. The second-order valence-electron chi connectivity index (χ2n) is 5.75. The van der Waals surface area contributed by atoms with Gasteiger partial charge < -0.3 is 0 Å². The molecule has 0 amide bonds. The van der Waals surface area contributed by atoms with Crippen LogP contribution in [0.2, 0.25) is 0 Å². The number of nitrogens with zero attached hydrogens (tertiary/aromatic N) is 2. The fourth-order valence-corrected chi connectivity index (χ4v) is 4.44. The SMILES string of the molecule is O=S(=O)(Cc1ccc(F)cc1)NCCCc1nc(-c2ccncc2)cs1. The second kappa shape index (κ2) is 8.48. The molecule has 0 saturated heterocycles. The molecule has 5 nitrogen and oxygen atoms in total. The highest BCUT2D eigenvalue weighted by atomic mass is 32.2. The van der Waals surface area contributed by atoms with Crippen molar-refractivity contribution in [3.8, 4) is 11.3 Å². The average molecular weight is 391 g/mol. The Morgan fingerprint density at radius 1 is 1.08 bits per heavy atom. The van der Waals surface area contributed by atoms with Gasteiger partial charge in [-0.1, -0.05) is 12.1 Å². The smallest absolute Gasteiger partial charge is 0.215 e. The Morgan fingerprint density at radius 3 is 2.54 bits per heavy atom. The highest BCUT2D eigenvalue weighted by Crippen LogP contribution is 2.21. The molecule has 8 heteroatoms. The van der Waals surface area contributed by atoms with Gasteiger partial charge in [0.15, 0.2) is 0 Å². The molecule has 0 radical (unpaired) electrons. The third-order valence-corrected chi connectivity index (χ3v) is 5.95. The van der Waals surface area contributed by atoms with E-state index in [-0.39, 0.29) is 11.6 Å². The largest absolute Gasteiger partial charge is 0.265 e. The highest BCUT2D eigenvalue weighted by molar-refractivity contribution is 7.88. The summed E-state index contributed by atoms with van der Waals surface area (Å²) in [5, 5.41) is 2.96. The predicted octanol–water partition coefficient (Wildman–Crippen LogP) is 3.40. The lowest BCUT2D eigenvalue weighted by Gasteiger charge is -2.06. The third-order valence-electron chi connectivity index (χ3n) is 3.69. The Hall–Kier alpha value is -2.16. The van der Waals surface area contributed by atoms with Gasteiger partial charge in [0.1, 0.15) is 5.82 Å². The van der Waals surface area contributed by atoms with E-state index in [1.165, 1.54) is 24.3 Å². The molecule has 3 rings (SSSR count). The van der Waals surface area contributed by atoms with Crippen LogP contribution in [0.5, 0.6) is 0 Å². The number of hydrogen-bond donors (Lipinski definition) is 1. The van der Waals surface area contributed by atoms with Gasteiger partial charge in [0, 0.05) is 36.3 Å². The summed E-state index contributed by atoms with van der Waals surface area (Å²) in [7, 11) is -3.44. The van der Waals surface area contributed by atoms with Crippen LogP contribution < -0.4 is 4.72 Å². The van der Waals surface area contributed by atoms with E-state index >= 15 is 0 Å². The van der Waals surface area contributed by atoms with Crippen LogP contribution in [0.4, 0.5) is 4.39 Å². The van der Waals surface area contributed by atoms with Crippen molar-refractivity contribution in [1.82, 2.24) is 14.7 Å². The number of hydrogen-bond acceptors (Lipinski definition) is 5. The average Bonchev–Trinajstić information content (AvgIpc) is 3.10. The molecule has 0 aliphatic heterocycles. The summed E-state index contributed by atoms with van der Waals surface area (Å²) in [5.74, 6) is -0.537. The van der Waals surface area contributed by atoms with E-state index < -0.39 is 10.0 Å². The Morgan fingerprint density at radius 2 is 1.81 bits per heavy atom. The summed E-state index contributed by atoms with van der Waals surface area (Å²) < 4.78 is 39.6. The first-order valence-corrected chi connectivity index (χ1v) is 10.6. The lowest BCUT2D eigenvalue weighted by atomic mass is 10.2. The van der Waals surface area contributed by atoms with E-state index in [0.717, 1.165) is 16.3 Å². The predicted molar refractivity (Wildman–Crippen MR) is 101 cm³/mol. The molecule has 26 heavy (non-hydrogen) atoms. The molecular weight excluding hydrogens is 373 g/mol. The summed E-state index contributed by atoms with van der Waals surface area (Å²) in [5.41, 5.74) is 2.48. The molecule has 0 spiro atoms. The van der Waals surface area contributed by atoms with Crippen LogP contribution in [0, 0.1) is 5.82 Å². The normalized spacial score (nSPS) is 11.6. The van der Waals surface area contributed by atoms with Crippen LogP contribution in [-0.2, 0) is 22.2 Å². The fourth-order valence-electron chi connectivity index (χ4n) is 2.40. The van der Waals surface area contributed by atoms with Crippen LogP contribution >= 0.6 is 11.3 Å². The molecule has 1 N–H and O–H groups in total. The van der Waals surface area contributed by atoms with Gasteiger partial charge in [-0.15, -0.1) is 11.3 Å². The zero-order valence-corrected chi connectivity index (χ0v) is 15.6. The Kier molecular flexibility index (Phi) is 6.08. The molecule has 0 bridgehead atoms. The molecule has 0 saturated carbocycles. The standard InChI is InChI=1S/C18H18FN3O2S2/c19-16-5-3-14(4-6-16)13-26(23,24)21-9-1-2-18-22-17(12-25-18)15-7-10-20-11-8-15/h3-8,10-12,21H,1-2,9,13H2. The lowest BCUT2D eigenvalue weighted by Crippen LogP contribution is -2.26. The summed E-state index contributed by atoms with van der Waals surface area (Å²) in [4.78, 5) is 8.56. The summed E-state index contributed by atoms with van der Waals surface area (Å²) in [6, 6.07) is 9.28. The number of pyridine rings is 1. The Balaban J connectivity index is 1.46. The fraction of sp³-hybridized carbons (Fsp3) is 0.222. The molecule has 0 aliphatic rings. The number of rotatable bonds is 8. The van der Waals surface area contributed by atoms with Crippen molar-refractivity contribution in [2.45, 2.75) is 18.6 Å². The molecule has 0 atom stereocenters. The zero-order chi connectivity index (χ0) is 18.4. The molecule has 0 fully saturated rings. The van der Waals surface area contributed by atoms with Gasteiger partial charge in [-0.2, -0.15) is 0 Å². The Bertz CT molecular complexity index is 942. The van der Waals surface area contributed by atoms with Gasteiger partial charge in [0.25, 0.3) is 0 Å². The van der Waals surface area contributed by atoms with Crippen molar-refractivity contribution in [2.24, 2.45) is 0 Å². The quantitative estimate of drug-likeness (QED) is 0.598. The lowest BCUT2D eigenvalue weighted by molar-refractivity contribution is 0.577. The minimum absolute atomic E-state index is 0.156. The van der Waals surface area contributed by atoms with Gasteiger partial charge in [-0.25, -0.2) is 22.5 Å². The Labute approximate surface area is 156 Å². The van der Waals surface area contributed by atoms with Crippen LogP contribution in [0.1, 0.15) is 17.0 Å². The van der Waals surface area contributed by atoms with E-state index in [9.17, 15) is 12.8 Å². The van der Waals surface area contributed by atoms with E-state index in [1.54, 1.807) is 23.7 Å². The number of aryl methyl sites for hydroxylation is 1. The van der Waals surface area contributed by atoms with Crippen molar-refractivity contribution >= 4 is 21.4 Å². The van der Waals surface area contributed by atoms with Crippen LogP contribution in [0.15, 0.2) is 54.2 Å². The maximum Gasteiger partial charge on any atom is 0.215 e. The molecule has 0 aliphatic carbocycles. The van der Waals surface area contributed by atoms with E-state index in [2.05, 4.69) is 14.7 Å².